The van der Waals surface area contributed by atoms with Crippen molar-refractivity contribution in [2.24, 2.45) is 0 Å². The minimum Gasteiger partial charge on any atom is -0.454 e. The number of carbonyl (C=O) groups excluding carboxylic acids is 4. The van der Waals surface area contributed by atoms with E-state index >= 15 is 0 Å². The molecule has 0 saturated carbocycles. The molecule has 0 fully saturated rings. The molecule has 30 heavy (non-hydrogen) atoms. The second-order valence-electron chi connectivity index (χ2n) is 6.61. The van der Waals surface area contributed by atoms with E-state index in [1.54, 1.807) is 12.1 Å². The van der Waals surface area contributed by atoms with Gasteiger partial charge in [-0.25, -0.2) is 0 Å². The fourth-order valence-corrected chi connectivity index (χ4v) is 3.01. The largest absolute Gasteiger partial charge is 0.454 e. The third-order valence-corrected chi connectivity index (χ3v) is 4.70. The number of hydrogen-bond donors (Lipinski definition) is 1. The smallest absolute Gasteiger partial charge is 0.326 e. The second-order valence-corrected chi connectivity index (χ2v) is 6.61. The van der Waals surface area contributed by atoms with Gasteiger partial charge in [0.15, 0.2) is 6.61 Å². The summed E-state index contributed by atoms with van der Waals surface area (Å²) in [7, 11) is 0. The third-order valence-electron chi connectivity index (χ3n) is 4.70. The number of anilines is 1. The maximum Gasteiger partial charge on any atom is 0.326 e. The van der Waals surface area contributed by atoms with Gasteiger partial charge in [0.2, 0.25) is 0 Å². The number of fused-ring (bicyclic) bond motifs is 1. The molecule has 1 aliphatic heterocycles. The summed E-state index contributed by atoms with van der Waals surface area (Å²) in [5.41, 5.74) is 1.37. The van der Waals surface area contributed by atoms with Crippen LogP contribution in [-0.2, 0) is 14.3 Å². The highest BCUT2D eigenvalue weighted by atomic mass is 16.6. The Labute approximate surface area is 170 Å². The Hall–Kier alpha value is -4.08. The van der Waals surface area contributed by atoms with E-state index in [0.29, 0.717) is 10.6 Å². The molecule has 0 aliphatic carbocycles. The molecular formula is C20H17N3O7. The first-order valence-electron chi connectivity index (χ1n) is 8.86. The molecule has 0 atom stereocenters. The molecule has 3 amide bonds. The van der Waals surface area contributed by atoms with Crippen molar-refractivity contribution in [3.05, 3.63) is 68.8 Å². The van der Waals surface area contributed by atoms with Gasteiger partial charge in [-0.15, -0.1) is 0 Å². The number of nitrogens with one attached hydrogen (secondary N) is 1. The molecule has 1 N–H and O–H groups in total. The summed E-state index contributed by atoms with van der Waals surface area (Å²) in [6.07, 6.45) is 0. The SMILES string of the molecule is Cc1cccc(NC(=O)COC(=O)CN2C(=O)c3cccc([N+](=O)[O-])c3C2=O)c1C. The van der Waals surface area contributed by atoms with Crippen LogP contribution >= 0.6 is 0 Å². The van der Waals surface area contributed by atoms with Gasteiger partial charge < -0.3 is 10.1 Å². The Kier molecular flexibility index (Phi) is 5.58. The predicted molar refractivity (Wildman–Crippen MR) is 104 cm³/mol. The second kappa shape index (κ2) is 8.11. The van der Waals surface area contributed by atoms with E-state index in [1.165, 1.54) is 12.1 Å². The van der Waals surface area contributed by atoms with Gasteiger partial charge in [-0.2, -0.15) is 0 Å². The molecule has 0 radical (unpaired) electrons. The Morgan fingerprint density at radius 2 is 1.80 bits per heavy atom. The number of carbonyl (C=O) groups is 4. The first-order valence-corrected chi connectivity index (χ1v) is 8.86. The molecule has 154 valence electrons. The van der Waals surface area contributed by atoms with Crippen molar-refractivity contribution in [1.82, 2.24) is 4.90 Å². The van der Waals surface area contributed by atoms with Crippen LogP contribution in [0.25, 0.3) is 0 Å². The molecule has 0 spiro atoms. The molecule has 10 heteroatoms. The van der Waals surface area contributed by atoms with Crippen LogP contribution < -0.4 is 5.32 Å². The van der Waals surface area contributed by atoms with Crippen molar-refractivity contribution in [1.29, 1.82) is 0 Å². The molecule has 0 bridgehead atoms. The fraction of sp³-hybridized carbons (Fsp3) is 0.200. The van der Waals surface area contributed by atoms with E-state index in [9.17, 15) is 29.3 Å². The fourth-order valence-electron chi connectivity index (χ4n) is 3.01. The number of aryl methyl sites for hydroxylation is 1. The summed E-state index contributed by atoms with van der Waals surface area (Å²) in [6.45, 7) is 2.34. The summed E-state index contributed by atoms with van der Waals surface area (Å²) >= 11 is 0. The van der Waals surface area contributed by atoms with Gasteiger partial charge >= 0.3 is 5.97 Å². The Morgan fingerprint density at radius 3 is 2.50 bits per heavy atom. The first-order chi connectivity index (χ1) is 14.2. The molecule has 1 aliphatic rings. The lowest BCUT2D eigenvalue weighted by Gasteiger charge is -2.13. The minimum atomic E-state index is -0.997. The van der Waals surface area contributed by atoms with Gasteiger partial charge in [0, 0.05) is 11.8 Å². The topological polar surface area (TPSA) is 136 Å². The van der Waals surface area contributed by atoms with Crippen molar-refractivity contribution >= 4 is 35.1 Å². The van der Waals surface area contributed by atoms with E-state index in [1.807, 2.05) is 19.9 Å². The van der Waals surface area contributed by atoms with Crippen LogP contribution in [0.15, 0.2) is 36.4 Å². The summed E-state index contributed by atoms with van der Waals surface area (Å²) in [6, 6.07) is 9.01. The zero-order chi connectivity index (χ0) is 22.0. The summed E-state index contributed by atoms with van der Waals surface area (Å²) in [5.74, 6) is -3.38. The standard InChI is InChI=1S/C20H17N3O7/c1-11-5-3-7-14(12(11)2)21-16(24)10-30-17(25)9-22-19(26)13-6-4-8-15(23(28)29)18(13)20(22)27/h3-8H,9-10H2,1-2H3,(H,21,24). The van der Waals surface area contributed by atoms with Crippen LogP contribution in [0.1, 0.15) is 31.8 Å². The molecular weight excluding hydrogens is 394 g/mol. The molecule has 3 rings (SSSR count). The summed E-state index contributed by atoms with van der Waals surface area (Å²) < 4.78 is 4.85. The monoisotopic (exact) mass is 411 g/mol. The molecule has 2 aromatic carbocycles. The maximum atomic E-state index is 12.4. The molecule has 1 heterocycles. The lowest BCUT2D eigenvalue weighted by molar-refractivity contribution is -0.385. The van der Waals surface area contributed by atoms with Crippen LogP contribution in [0.3, 0.4) is 0 Å². The number of nitro benzene ring substituents is 1. The van der Waals surface area contributed by atoms with Crippen LogP contribution in [0.4, 0.5) is 11.4 Å². The number of nitro groups is 1. The highest BCUT2D eigenvalue weighted by Gasteiger charge is 2.41. The Morgan fingerprint density at radius 1 is 1.10 bits per heavy atom. The van der Waals surface area contributed by atoms with Crippen LogP contribution in [0, 0.1) is 24.0 Å². The number of esters is 1. The van der Waals surface area contributed by atoms with Gasteiger partial charge in [0.25, 0.3) is 23.4 Å². The molecule has 0 saturated heterocycles. The highest BCUT2D eigenvalue weighted by Crippen LogP contribution is 2.30. The maximum absolute atomic E-state index is 12.4. The van der Waals surface area contributed by atoms with E-state index in [2.05, 4.69) is 5.32 Å². The lowest BCUT2D eigenvalue weighted by atomic mass is 10.1. The van der Waals surface area contributed by atoms with Crippen LogP contribution in [0.2, 0.25) is 0 Å². The molecule has 0 unspecified atom stereocenters. The average Bonchev–Trinajstić information content (AvgIpc) is 2.95. The van der Waals surface area contributed by atoms with E-state index < -0.39 is 47.5 Å². The van der Waals surface area contributed by atoms with Gasteiger partial charge in [0.1, 0.15) is 12.1 Å². The summed E-state index contributed by atoms with van der Waals surface area (Å²) in [4.78, 5) is 59.8. The zero-order valence-electron chi connectivity index (χ0n) is 16.1. The van der Waals surface area contributed by atoms with Crippen molar-refractivity contribution in [2.75, 3.05) is 18.5 Å². The van der Waals surface area contributed by atoms with Crippen molar-refractivity contribution in [3.8, 4) is 0 Å². The number of ether oxygens (including phenoxy) is 1. The van der Waals surface area contributed by atoms with Crippen molar-refractivity contribution in [3.63, 3.8) is 0 Å². The van der Waals surface area contributed by atoms with Gasteiger partial charge in [0.05, 0.1) is 10.5 Å². The van der Waals surface area contributed by atoms with E-state index in [0.717, 1.165) is 17.2 Å². The average molecular weight is 411 g/mol. The van der Waals surface area contributed by atoms with Crippen molar-refractivity contribution < 1.29 is 28.8 Å². The number of imide groups is 1. The number of amides is 3. The molecule has 10 nitrogen and oxygen atoms in total. The van der Waals surface area contributed by atoms with E-state index in [4.69, 9.17) is 4.74 Å². The number of hydrogen-bond acceptors (Lipinski definition) is 7. The predicted octanol–water partition coefficient (Wildman–Crippen LogP) is 1.99. The van der Waals surface area contributed by atoms with E-state index in [-0.39, 0.29) is 11.1 Å². The first kappa shape index (κ1) is 20.6. The van der Waals surface area contributed by atoms with Crippen LogP contribution in [-0.4, -0.2) is 46.7 Å². The number of nitrogens with zero attached hydrogens (tertiary/aromatic N) is 2. The van der Waals surface area contributed by atoms with Gasteiger partial charge in [-0.05, 0) is 37.1 Å². The quantitative estimate of drug-likeness (QED) is 0.332. The number of benzene rings is 2. The van der Waals surface area contributed by atoms with Crippen LogP contribution in [0.5, 0.6) is 0 Å². The summed E-state index contributed by atoms with van der Waals surface area (Å²) in [5, 5.41) is 13.7. The van der Waals surface area contributed by atoms with Gasteiger partial charge in [-0.3, -0.25) is 34.2 Å². The zero-order valence-corrected chi connectivity index (χ0v) is 16.1. The Balaban J connectivity index is 1.61. The lowest BCUT2D eigenvalue weighted by Crippen LogP contribution is -2.36. The molecule has 2 aromatic rings. The third kappa shape index (κ3) is 3.88. The highest BCUT2D eigenvalue weighted by molar-refractivity contribution is 6.24. The molecule has 0 aromatic heterocycles. The van der Waals surface area contributed by atoms with Gasteiger partial charge in [-0.1, -0.05) is 18.2 Å². The minimum absolute atomic E-state index is 0.158. The Bertz CT molecular complexity index is 1090. The normalized spacial score (nSPS) is 12.5. The number of rotatable bonds is 6. The van der Waals surface area contributed by atoms with Crippen molar-refractivity contribution in [2.45, 2.75) is 13.8 Å².